The van der Waals surface area contributed by atoms with Crippen molar-refractivity contribution in [2.75, 3.05) is 38.7 Å². The summed E-state index contributed by atoms with van der Waals surface area (Å²) in [5.74, 6) is 1.20. The second kappa shape index (κ2) is 9.84. The lowest BCUT2D eigenvalue weighted by molar-refractivity contribution is -0.142. The zero-order valence-corrected chi connectivity index (χ0v) is 22.8. The molecule has 1 atom stereocenters. The number of nitrogens with two attached hydrogens (primary N) is 1. The number of hydrogen-bond acceptors (Lipinski definition) is 6. The summed E-state index contributed by atoms with van der Waals surface area (Å²) in [5, 5.41) is 1.90. The summed E-state index contributed by atoms with van der Waals surface area (Å²) in [6.45, 7) is 2.24. The summed E-state index contributed by atoms with van der Waals surface area (Å²) < 4.78 is 4.86. The van der Waals surface area contributed by atoms with Crippen LogP contribution in [0.4, 0.5) is 5.82 Å². The third-order valence-electron chi connectivity index (χ3n) is 9.50. The molecule has 2 saturated heterocycles. The van der Waals surface area contributed by atoms with Crippen molar-refractivity contribution in [3.8, 4) is 0 Å². The van der Waals surface area contributed by atoms with E-state index in [1.807, 2.05) is 11.9 Å². The second-order valence-corrected chi connectivity index (χ2v) is 11.8. The highest BCUT2D eigenvalue weighted by Crippen LogP contribution is 2.44. The van der Waals surface area contributed by atoms with E-state index < -0.39 is 5.91 Å². The lowest BCUT2D eigenvalue weighted by Gasteiger charge is -2.39. The number of carbonyl (C=O) groups is 3. The SMILES string of the molecule is COC(=O)CC1CCC(c2ccc3c(c2)[nH]c2c(C(N)=O)cnc(N4CCC[C@@]5(CCN(C)C5=O)C4)c23)CC1. The number of benzene rings is 1. The Kier molecular flexibility index (Phi) is 6.47. The summed E-state index contributed by atoms with van der Waals surface area (Å²) in [4.78, 5) is 49.5. The molecule has 9 heteroatoms. The molecule has 1 saturated carbocycles. The molecule has 3 aromatic rings. The van der Waals surface area contributed by atoms with Crippen molar-refractivity contribution >= 4 is 45.4 Å². The highest BCUT2D eigenvalue weighted by atomic mass is 16.5. The molecule has 9 nitrogen and oxygen atoms in total. The number of hydrogen-bond donors (Lipinski definition) is 2. The lowest BCUT2D eigenvalue weighted by Crippen LogP contribution is -2.47. The predicted molar refractivity (Wildman–Crippen MR) is 150 cm³/mol. The van der Waals surface area contributed by atoms with Crippen LogP contribution in [-0.4, -0.2) is 66.4 Å². The maximum atomic E-state index is 13.1. The number of H-pyrrole nitrogens is 1. The van der Waals surface area contributed by atoms with Gasteiger partial charge in [0, 0.05) is 50.2 Å². The van der Waals surface area contributed by atoms with E-state index in [0.717, 1.165) is 80.1 Å². The smallest absolute Gasteiger partial charge is 0.305 e. The topological polar surface area (TPSA) is 122 Å². The van der Waals surface area contributed by atoms with E-state index in [1.54, 1.807) is 6.20 Å². The lowest BCUT2D eigenvalue weighted by atomic mass is 9.77. The van der Waals surface area contributed by atoms with Crippen molar-refractivity contribution in [3.63, 3.8) is 0 Å². The number of aromatic amines is 1. The van der Waals surface area contributed by atoms with Gasteiger partial charge in [-0.05, 0) is 68.4 Å². The number of rotatable bonds is 5. The quantitative estimate of drug-likeness (QED) is 0.478. The van der Waals surface area contributed by atoms with Crippen LogP contribution in [0.15, 0.2) is 24.4 Å². The summed E-state index contributed by atoms with van der Waals surface area (Å²) in [5.41, 5.74) is 8.70. The molecule has 2 amide bonds. The monoisotopic (exact) mass is 531 g/mol. The Morgan fingerprint density at radius 3 is 2.67 bits per heavy atom. The number of pyridine rings is 1. The molecule has 0 radical (unpaired) electrons. The predicted octanol–water partition coefficient (Wildman–Crippen LogP) is 4.10. The molecule has 1 aliphatic carbocycles. The van der Waals surface area contributed by atoms with Gasteiger partial charge in [0.15, 0.2) is 0 Å². The average Bonchev–Trinajstić information content (AvgIpc) is 3.45. The van der Waals surface area contributed by atoms with Crippen LogP contribution in [0.2, 0.25) is 0 Å². The number of methoxy groups -OCH3 is 1. The Bertz CT molecular complexity index is 1450. The first-order chi connectivity index (χ1) is 18.8. The second-order valence-electron chi connectivity index (χ2n) is 11.8. The normalized spacial score (nSPS) is 25.6. The van der Waals surface area contributed by atoms with Crippen LogP contribution in [-0.2, 0) is 14.3 Å². The number of primary amides is 1. The molecule has 0 unspecified atom stereocenters. The van der Waals surface area contributed by atoms with Gasteiger partial charge in [-0.1, -0.05) is 12.1 Å². The number of nitrogens with zero attached hydrogens (tertiary/aromatic N) is 3. The van der Waals surface area contributed by atoms with Gasteiger partial charge in [0.2, 0.25) is 5.91 Å². The van der Waals surface area contributed by atoms with Crippen molar-refractivity contribution in [2.24, 2.45) is 17.1 Å². The number of amides is 2. The summed E-state index contributed by atoms with van der Waals surface area (Å²) in [7, 11) is 3.33. The van der Waals surface area contributed by atoms with E-state index in [9.17, 15) is 14.4 Å². The first-order valence-electron chi connectivity index (χ1n) is 14.1. The minimum Gasteiger partial charge on any atom is -0.469 e. The number of ether oxygens (including phenoxy) is 1. The van der Waals surface area contributed by atoms with E-state index in [2.05, 4.69) is 28.1 Å². The van der Waals surface area contributed by atoms with Gasteiger partial charge in [0.25, 0.3) is 5.91 Å². The summed E-state index contributed by atoms with van der Waals surface area (Å²) >= 11 is 0. The number of aromatic nitrogens is 2. The molecule has 1 aromatic carbocycles. The number of nitrogens with one attached hydrogen (secondary N) is 1. The van der Waals surface area contributed by atoms with Crippen molar-refractivity contribution in [1.82, 2.24) is 14.9 Å². The van der Waals surface area contributed by atoms with E-state index in [4.69, 9.17) is 15.5 Å². The third kappa shape index (κ3) is 4.41. The van der Waals surface area contributed by atoms with Crippen LogP contribution in [0.5, 0.6) is 0 Å². The maximum absolute atomic E-state index is 13.1. The highest BCUT2D eigenvalue weighted by molar-refractivity contribution is 6.18. The van der Waals surface area contributed by atoms with Gasteiger partial charge in [-0.3, -0.25) is 14.4 Å². The third-order valence-corrected chi connectivity index (χ3v) is 9.50. The van der Waals surface area contributed by atoms with Crippen LogP contribution >= 0.6 is 0 Å². The molecule has 3 aliphatic rings. The van der Waals surface area contributed by atoms with Gasteiger partial charge in [-0.25, -0.2) is 4.98 Å². The molecule has 2 aliphatic heterocycles. The van der Waals surface area contributed by atoms with Gasteiger partial charge < -0.3 is 25.3 Å². The van der Waals surface area contributed by atoms with Gasteiger partial charge in [-0.2, -0.15) is 0 Å². The number of anilines is 1. The zero-order chi connectivity index (χ0) is 27.3. The Morgan fingerprint density at radius 2 is 1.97 bits per heavy atom. The van der Waals surface area contributed by atoms with Crippen molar-refractivity contribution < 1.29 is 19.1 Å². The molecule has 0 bridgehead atoms. The van der Waals surface area contributed by atoms with Crippen molar-refractivity contribution in [2.45, 2.75) is 57.3 Å². The summed E-state index contributed by atoms with van der Waals surface area (Å²) in [6.07, 6.45) is 8.83. The molecule has 3 fully saturated rings. The first-order valence-corrected chi connectivity index (χ1v) is 14.1. The number of piperidine rings is 1. The van der Waals surface area contributed by atoms with Crippen LogP contribution in [0.1, 0.15) is 73.2 Å². The largest absolute Gasteiger partial charge is 0.469 e. The number of carbonyl (C=O) groups excluding carboxylic acids is 3. The Morgan fingerprint density at radius 1 is 1.18 bits per heavy atom. The molecule has 3 N–H and O–H groups in total. The van der Waals surface area contributed by atoms with Gasteiger partial charge in [0.1, 0.15) is 5.82 Å². The molecule has 1 spiro atoms. The van der Waals surface area contributed by atoms with E-state index in [-0.39, 0.29) is 17.3 Å². The molecular formula is C30H37N5O4. The highest BCUT2D eigenvalue weighted by Gasteiger charge is 2.48. The van der Waals surface area contributed by atoms with Crippen LogP contribution in [0, 0.1) is 11.3 Å². The number of esters is 1. The fourth-order valence-corrected chi connectivity index (χ4v) is 7.29. The number of fused-ring (bicyclic) bond motifs is 3. The molecule has 39 heavy (non-hydrogen) atoms. The van der Waals surface area contributed by atoms with Crippen LogP contribution in [0.3, 0.4) is 0 Å². The standard InChI is InChI=1S/C30H37N5O4/c1-34-13-11-30(29(34)38)10-3-12-35(17-30)28-25-21-9-8-20(19-6-4-18(5-7-19)14-24(36)39-2)15-23(21)33-26(25)22(16-32-28)27(31)37/h8-9,15-16,18-19,33H,3-7,10-14,17H2,1-2H3,(H2,31,37)/t18?,19?,30-/m1/s1. The molecule has 6 rings (SSSR count). The molecule has 2 aromatic heterocycles. The Balaban J connectivity index is 1.35. The number of likely N-dealkylation sites (tertiary alicyclic amines) is 1. The van der Waals surface area contributed by atoms with Gasteiger partial charge in [-0.15, -0.1) is 0 Å². The van der Waals surface area contributed by atoms with E-state index >= 15 is 0 Å². The Labute approximate surface area is 228 Å². The zero-order valence-electron chi connectivity index (χ0n) is 22.8. The summed E-state index contributed by atoms with van der Waals surface area (Å²) in [6, 6.07) is 6.52. The van der Waals surface area contributed by atoms with Gasteiger partial charge in [0.05, 0.1) is 29.0 Å². The molecule has 4 heterocycles. The minimum atomic E-state index is -0.516. The van der Waals surface area contributed by atoms with E-state index in [1.165, 1.54) is 12.7 Å². The van der Waals surface area contributed by atoms with Gasteiger partial charge >= 0.3 is 5.97 Å². The van der Waals surface area contributed by atoms with E-state index in [0.29, 0.717) is 35.9 Å². The van der Waals surface area contributed by atoms with Crippen LogP contribution in [0.25, 0.3) is 21.8 Å². The average molecular weight is 532 g/mol. The Hall–Kier alpha value is -3.62. The fourth-order valence-electron chi connectivity index (χ4n) is 7.29. The molecule has 206 valence electrons. The van der Waals surface area contributed by atoms with Crippen molar-refractivity contribution in [1.29, 1.82) is 0 Å². The van der Waals surface area contributed by atoms with Crippen LogP contribution < -0.4 is 10.6 Å². The fraction of sp³-hybridized carbons (Fsp3) is 0.533. The minimum absolute atomic E-state index is 0.128. The first kappa shape index (κ1) is 25.6. The molecular weight excluding hydrogens is 494 g/mol. The maximum Gasteiger partial charge on any atom is 0.305 e. The van der Waals surface area contributed by atoms with Crippen molar-refractivity contribution in [3.05, 3.63) is 35.5 Å².